The van der Waals surface area contributed by atoms with Gasteiger partial charge in [-0.2, -0.15) is 0 Å². The Morgan fingerprint density at radius 2 is 1.27 bits per heavy atom. The molecule has 2 rings (SSSR count). The smallest absolute Gasteiger partial charge is 0.226 e. The highest BCUT2D eigenvalue weighted by molar-refractivity contribution is 5.95. The van der Waals surface area contributed by atoms with Crippen LogP contribution in [0.15, 0.2) is 30.3 Å². The number of ether oxygens (including phenoxy) is 8. The molecule has 1 aliphatic heterocycles. The molecule has 3 amide bonds. The Kier molecular flexibility index (Phi) is 32.6. The number of nitrogens with two attached hydrogens (primary N) is 1. The summed E-state index contributed by atoms with van der Waals surface area (Å²) in [5.74, 6) is -3.09. The average molecular weight is 1050 g/mol. The number of carbonyl (C=O) groups excluding carboxylic acids is 6. The molecule has 18 heteroatoms. The number of carbonyl (C=O) groups is 6. The number of rotatable bonds is 42. The van der Waals surface area contributed by atoms with Crippen LogP contribution in [0.4, 0.5) is 0 Å². The first-order valence-electron chi connectivity index (χ1n) is 26.9. The monoisotopic (exact) mass is 1050 g/mol. The van der Waals surface area contributed by atoms with Gasteiger partial charge < -0.3 is 58.3 Å². The van der Waals surface area contributed by atoms with E-state index in [2.05, 4.69) is 0 Å². The maximum Gasteiger partial charge on any atom is 0.226 e. The molecule has 2 N–H and O–H groups in total. The van der Waals surface area contributed by atoms with Crippen LogP contribution in [0.3, 0.4) is 0 Å². The van der Waals surface area contributed by atoms with Gasteiger partial charge in [-0.3, -0.25) is 28.8 Å². The normalized spacial score (nSPS) is 16.8. The Morgan fingerprint density at radius 3 is 1.74 bits per heavy atom. The van der Waals surface area contributed by atoms with Crippen LogP contribution in [0.5, 0.6) is 0 Å². The molecule has 18 nitrogen and oxygen atoms in total. The molecule has 0 bridgehead atoms. The molecule has 424 valence electrons. The lowest BCUT2D eigenvalue weighted by Gasteiger charge is -2.41. The quantitative estimate of drug-likeness (QED) is 0.0831. The van der Waals surface area contributed by atoms with Crippen molar-refractivity contribution in [2.45, 2.75) is 137 Å². The first-order chi connectivity index (χ1) is 35.3. The highest BCUT2D eigenvalue weighted by Crippen LogP contribution is 2.32. The predicted molar refractivity (Wildman–Crippen MR) is 283 cm³/mol. The fourth-order valence-electron chi connectivity index (χ4n) is 9.46. The first kappa shape index (κ1) is 66.4. The van der Waals surface area contributed by atoms with Crippen molar-refractivity contribution in [3.05, 3.63) is 35.9 Å². The Labute approximate surface area is 443 Å². The highest BCUT2D eigenvalue weighted by Gasteiger charge is 2.44. The van der Waals surface area contributed by atoms with Crippen molar-refractivity contribution in [3.8, 4) is 0 Å². The van der Waals surface area contributed by atoms with Gasteiger partial charge in [0.1, 0.15) is 11.6 Å². The Hall–Kier alpha value is -3.72. The van der Waals surface area contributed by atoms with Crippen LogP contribution in [0.1, 0.15) is 106 Å². The third-order valence-electron chi connectivity index (χ3n) is 14.7. The van der Waals surface area contributed by atoms with E-state index < -0.39 is 41.5 Å². The van der Waals surface area contributed by atoms with Gasteiger partial charge in [0.05, 0.1) is 122 Å². The molecule has 0 radical (unpaired) electrons. The summed E-state index contributed by atoms with van der Waals surface area (Å²) in [6, 6.07) is 8.78. The van der Waals surface area contributed by atoms with Crippen molar-refractivity contribution in [1.29, 1.82) is 0 Å². The van der Waals surface area contributed by atoms with Crippen molar-refractivity contribution in [2.75, 3.05) is 121 Å². The van der Waals surface area contributed by atoms with Crippen LogP contribution in [0, 0.1) is 29.6 Å². The van der Waals surface area contributed by atoms with Crippen molar-refractivity contribution in [1.82, 2.24) is 14.7 Å². The van der Waals surface area contributed by atoms with E-state index in [-0.39, 0.29) is 91.8 Å². The summed E-state index contributed by atoms with van der Waals surface area (Å²) < 4.78 is 44.9. The van der Waals surface area contributed by atoms with Crippen molar-refractivity contribution in [2.24, 2.45) is 35.3 Å². The second-order valence-corrected chi connectivity index (χ2v) is 20.5. The molecule has 1 aromatic rings. The molecule has 0 spiro atoms. The van der Waals surface area contributed by atoms with Crippen LogP contribution < -0.4 is 5.73 Å². The summed E-state index contributed by atoms with van der Waals surface area (Å²) in [4.78, 5) is 87.9. The Morgan fingerprint density at radius 1 is 0.743 bits per heavy atom. The summed E-state index contributed by atoms with van der Waals surface area (Å²) in [5, 5.41) is 0. The second kappa shape index (κ2) is 36.3. The number of amides is 3. The molecule has 0 unspecified atom stereocenters. The molecule has 1 aromatic carbocycles. The van der Waals surface area contributed by atoms with E-state index in [0.29, 0.717) is 98.4 Å². The second-order valence-electron chi connectivity index (χ2n) is 20.5. The number of ketones is 3. The fourth-order valence-corrected chi connectivity index (χ4v) is 9.46. The summed E-state index contributed by atoms with van der Waals surface area (Å²) in [7, 11) is 6.42. The summed E-state index contributed by atoms with van der Waals surface area (Å²) in [5.41, 5.74) is 5.14. The van der Waals surface area contributed by atoms with Crippen molar-refractivity contribution < 1.29 is 66.7 Å². The molecule has 1 saturated heterocycles. The van der Waals surface area contributed by atoms with Gasteiger partial charge in [0.15, 0.2) is 5.78 Å². The van der Waals surface area contributed by atoms with Crippen LogP contribution in [0.25, 0.3) is 0 Å². The highest BCUT2D eigenvalue weighted by atomic mass is 16.6. The SMILES string of the molecule is CC[C@H](C)[C@@H]([C@@H](CC(=O)N1CCC[C@H]1[C@H](OC)[C@@H](C)C(=O)C[C@@H](Cc1ccccc1)C(C)=O)OC)N(C)C(=O)[C@@H](CC(=O)C(C)(C)N(C)C(=O)CCOCCOCCOCCOCCOCCOCCN)C(C)C. The summed E-state index contributed by atoms with van der Waals surface area (Å²) in [6.07, 6.45) is 1.32. The van der Waals surface area contributed by atoms with Gasteiger partial charge in [0, 0.05) is 72.0 Å². The van der Waals surface area contributed by atoms with Gasteiger partial charge in [-0.1, -0.05) is 71.4 Å². The van der Waals surface area contributed by atoms with E-state index in [0.717, 1.165) is 12.0 Å². The molecular weight excluding hydrogens is 953 g/mol. The van der Waals surface area contributed by atoms with E-state index >= 15 is 0 Å². The summed E-state index contributed by atoms with van der Waals surface area (Å²) >= 11 is 0. The van der Waals surface area contributed by atoms with Gasteiger partial charge in [-0.25, -0.2) is 0 Å². The van der Waals surface area contributed by atoms with E-state index in [1.807, 2.05) is 65.0 Å². The number of methoxy groups -OCH3 is 2. The minimum absolute atomic E-state index is 0.0128. The van der Waals surface area contributed by atoms with Gasteiger partial charge in [-0.05, 0) is 57.4 Å². The fraction of sp³-hybridized carbons (Fsp3) is 0.786. The standard InChI is InChI=1S/C56H96N4O14/c1-13-41(4)53(49(67-11)39-52(65)60-23-17-20-47(60)54(68-12)42(5)48(62)37-45(43(6)61)36-44-18-15-14-16-19-44)58(9)55(66)46(40(2)3)38-50(63)56(7,8)59(10)51(64)21-24-69-26-28-71-30-32-73-34-35-74-33-31-72-29-27-70-25-22-57/h14-16,18-19,40-42,45-47,49,53-54H,13,17,20-39,57H2,1-12H3/t41-,42-,45+,46-,47-,49+,53-,54+/m0/s1. The Bertz CT molecular complexity index is 1790. The molecule has 8 atom stereocenters. The molecular formula is C56H96N4O14. The van der Waals surface area contributed by atoms with Crippen molar-refractivity contribution in [3.63, 3.8) is 0 Å². The number of likely N-dealkylation sites (tertiary alicyclic amines) is 1. The number of likely N-dealkylation sites (N-methyl/N-ethyl adjacent to an activating group) is 2. The van der Waals surface area contributed by atoms with Crippen LogP contribution >= 0.6 is 0 Å². The molecule has 0 aromatic heterocycles. The molecule has 74 heavy (non-hydrogen) atoms. The topological polar surface area (TPSA) is 212 Å². The zero-order valence-electron chi connectivity index (χ0n) is 47.3. The van der Waals surface area contributed by atoms with E-state index in [1.165, 1.54) is 11.8 Å². The zero-order valence-corrected chi connectivity index (χ0v) is 47.3. The molecule has 0 aliphatic carbocycles. The van der Waals surface area contributed by atoms with Crippen LogP contribution in [-0.2, 0) is 73.1 Å². The lowest BCUT2D eigenvalue weighted by molar-refractivity contribution is -0.150. The number of nitrogens with zero attached hydrogens (tertiary/aromatic N) is 3. The minimum Gasteiger partial charge on any atom is -0.379 e. The number of hydrogen-bond donors (Lipinski definition) is 1. The maximum atomic E-state index is 14.6. The first-order valence-corrected chi connectivity index (χ1v) is 26.9. The molecule has 1 fully saturated rings. The molecule has 1 heterocycles. The molecule has 1 aliphatic rings. The largest absolute Gasteiger partial charge is 0.379 e. The van der Waals surface area contributed by atoms with Gasteiger partial charge in [0.25, 0.3) is 0 Å². The molecule has 0 saturated carbocycles. The van der Waals surface area contributed by atoms with Crippen LogP contribution in [-0.4, -0.2) is 200 Å². The van der Waals surface area contributed by atoms with E-state index in [1.54, 1.807) is 52.0 Å². The number of benzene rings is 1. The van der Waals surface area contributed by atoms with Crippen LogP contribution in [0.2, 0.25) is 0 Å². The Balaban J connectivity index is 1.95. The van der Waals surface area contributed by atoms with E-state index in [9.17, 15) is 28.8 Å². The number of Topliss-reactive ketones (excluding diaryl/α,β-unsaturated/α-hetero) is 3. The third kappa shape index (κ3) is 22.5. The number of hydrogen-bond acceptors (Lipinski definition) is 15. The predicted octanol–water partition coefficient (Wildman–Crippen LogP) is 5.23. The lowest BCUT2D eigenvalue weighted by Crippen LogP contribution is -2.55. The minimum atomic E-state index is -1.21. The van der Waals surface area contributed by atoms with E-state index in [4.69, 9.17) is 43.6 Å². The van der Waals surface area contributed by atoms with Crippen molar-refractivity contribution >= 4 is 35.1 Å². The maximum absolute atomic E-state index is 14.6. The van der Waals surface area contributed by atoms with Gasteiger partial charge in [0.2, 0.25) is 17.7 Å². The zero-order chi connectivity index (χ0) is 55.2. The van der Waals surface area contributed by atoms with Gasteiger partial charge in [-0.15, -0.1) is 0 Å². The van der Waals surface area contributed by atoms with Gasteiger partial charge >= 0.3 is 0 Å². The summed E-state index contributed by atoms with van der Waals surface area (Å²) in [6.45, 7) is 20.5. The average Bonchev–Trinajstić information content (AvgIpc) is 3.87. The lowest BCUT2D eigenvalue weighted by atomic mass is 9.82. The third-order valence-corrected chi connectivity index (χ3v) is 14.7.